The smallest absolute Gasteiger partial charge is 0.352 e. The van der Waals surface area contributed by atoms with E-state index in [1.807, 2.05) is 5.32 Å². The molecule has 126 valence electrons. The molecule has 12 heteroatoms. The average Bonchev–Trinajstić information content (AvgIpc) is 2.87. The van der Waals surface area contributed by atoms with Crippen molar-refractivity contribution in [3.63, 3.8) is 0 Å². The van der Waals surface area contributed by atoms with Gasteiger partial charge >= 0.3 is 23.8 Å². The molecule has 22 heavy (non-hydrogen) atoms. The van der Waals surface area contributed by atoms with E-state index in [2.05, 4.69) is 9.68 Å². The Kier molecular flexibility index (Phi) is 4.63. The zero-order chi connectivity index (χ0) is 17.3. The van der Waals surface area contributed by atoms with Gasteiger partial charge in [0, 0.05) is 20.2 Å². The molecule has 0 unspecified atom stereocenters. The summed E-state index contributed by atoms with van der Waals surface area (Å²) in [5.74, 6) is -19.9. The van der Waals surface area contributed by atoms with Gasteiger partial charge in [-0.2, -0.15) is 26.3 Å². The molecular formula is C10H10F7N3O2. The highest BCUT2D eigenvalue weighted by Crippen LogP contribution is 2.51. The molecule has 1 heterocycles. The molecule has 0 bridgehead atoms. The Balaban J connectivity index is 3.09. The Morgan fingerprint density at radius 3 is 2.27 bits per heavy atom. The third-order valence-corrected chi connectivity index (χ3v) is 2.48. The second-order valence-corrected chi connectivity index (χ2v) is 4.39. The summed E-state index contributed by atoms with van der Waals surface area (Å²) in [6.07, 6.45) is 0. The molecular weight excluding hydrogens is 327 g/mol. The van der Waals surface area contributed by atoms with Crippen LogP contribution in [0.25, 0.3) is 0 Å². The van der Waals surface area contributed by atoms with Gasteiger partial charge in [-0.15, -0.1) is 0 Å². The summed E-state index contributed by atoms with van der Waals surface area (Å²) in [7, 11) is 2.56. The van der Waals surface area contributed by atoms with Crippen LogP contribution in [0.3, 0.4) is 0 Å². The number of halogens is 7. The molecule has 0 aliphatic rings. The van der Waals surface area contributed by atoms with Crippen molar-refractivity contribution in [3.05, 3.63) is 11.8 Å². The molecule has 0 saturated heterocycles. The van der Waals surface area contributed by atoms with Crippen molar-refractivity contribution < 1.29 is 40.1 Å². The summed E-state index contributed by atoms with van der Waals surface area (Å²) in [6.45, 7) is -2.99. The van der Waals surface area contributed by atoms with Crippen LogP contribution in [0, 0.1) is 0 Å². The van der Waals surface area contributed by atoms with Gasteiger partial charge in [-0.25, -0.2) is 9.18 Å². The van der Waals surface area contributed by atoms with E-state index in [0.29, 0.717) is 0 Å². The van der Waals surface area contributed by atoms with Gasteiger partial charge in [0.2, 0.25) is 5.76 Å². The van der Waals surface area contributed by atoms with E-state index in [4.69, 9.17) is 0 Å². The maximum Gasteiger partial charge on any atom is 0.382 e. The van der Waals surface area contributed by atoms with Crippen LogP contribution in [-0.2, 0) is 5.92 Å². The lowest BCUT2D eigenvalue weighted by Gasteiger charge is -2.29. The van der Waals surface area contributed by atoms with Crippen molar-refractivity contribution in [1.29, 1.82) is 0 Å². The number of hydrogen-bond donors (Lipinski definition) is 1. The highest BCUT2D eigenvalue weighted by atomic mass is 19.3. The third kappa shape index (κ3) is 2.95. The van der Waals surface area contributed by atoms with E-state index in [1.54, 1.807) is 0 Å². The first-order chi connectivity index (χ1) is 9.86. The minimum atomic E-state index is -6.06. The summed E-state index contributed by atoms with van der Waals surface area (Å²) in [5, 5.41) is 4.72. The first kappa shape index (κ1) is 18.0. The summed E-state index contributed by atoms with van der Waals surface area (Å²) in [5.41, 5.74) is 0. The maximum atomic E-state index is 13.5. The fraction of sp³-hybridized carbons (Fsp3) is 0.600. The molecule has 1 N–H and O–H groups in total. The lowest BCUT2D eigenvalue weighted by molar-refractivity contribution is -0.322. The van der Waals surface area contributed by atoms with Crippen LogP contribution >= 0.6 is 0 Å². The standard InChI is InChI=1S/C10H10F7N3O2/c1-20(2)7(21)18-6-3-5(22-19-6)9(14,15)10(16,17)8(12,13)4-11/h3H,4H2,1-2H3,(H,18,19,21). The number of hydrogen-bond acceptors (Lipinski definition) is 3. The van der Waals surface area contributed by atoms with Gasteiger partial charge in [-0.3, -0.25) is 5.32 Å². The number of anilines is 1. The molecule has 0 aromatic carbocycles. The van der Waals surface area contributed by atoms with Crippen LogP contribution in [0.4, 0.5) is 41.3 Å². The van der Waals surface area contributed by atoms with Crippen molar-refractivity contribution in [2.24, 2.45) is 0 Å². The van der Waals surface area contributed by atoms with Crippen LogP contribution in [0.15, 0.2) is 10.6 Å². The fourth-order valence-electron chi connectivity index (χ4n) is 1.17. The Hall–Kier alpha value is -2.01. The number of carbonyl (C=O) groups is 1. The number of rotatable bonds is 5. The summed E-state index contributed by atoms with van der Waals surface area (Å²) in [6, 6.07) is -0.715. The highest BCUT2D eigenvalue weighted by molar-refractivity contribution is 5.87. The lowest BCUT2D eigenvalue weighted by Crippen LogP contribution is -2.53. The van der Waals surface area contributed by atoms with Gasteiger partial charge in [-0.1, -0.05) is 5.16 Å². The van der Waals surface area contributed by atoms with E-state index < -0.39 is 42.1 Å². The van der Waals surface area contributed by atoms with Gasteiger partial charge in [0.25, 0.3) is 0 Å². The van der Waals surface area contributed by atoms with Crippen molar-refractivity contribution in [3.8, 4) is 0 Å². The molecule has 0 aliphatic heterocycles. The molecule has 0 fully saturated rings. The molecule has 0 radical (unpaired) electrons. The second kappa shape index (κ2) is 5.65. The van der Waals surface area contributed by atoms with Gasteiger partial charge in [0.05, 0.1) is 0 Å². The summed E-state index contributed by atoms with van der Waals surface area (Å²) < 4.78 is 94.4. The molecule has 1 rings (SSSR count). The van der Waals surface area contributed by atoms with Crippen LogP contribution in [0.2, 0.25) is 0 Å². The number of nitrogens with one attached hydrogen (secondary N) is 1. The van der Waals surface area contributed by atoms with Gasteiger partial charge in [-0.05, 0) is 0 Å². The minimum absolute atomic E-state index is 0.142. The molecule has 0 spiro atoms. The lowest BCUT2D eigenvalue weighted by atomic mass is 10.0. The molecule has 1 aromatic rings. The molecule has 1 aromatic heterocycles. The molecule has 0 atom stereocenters. The Morgan fingerprint density at radius 2 is 1.82 bits per heavy atom. The molecule has 0 saturated carbocycles. The third-order valence-electron chi connectivity index (χ3n) is 2.48. The molecule has 5 nitrogen and oxygen atoms in total. The number of aromatic nitrogens is 1. The van der Waals surface area contributed by atoms with E-state index in [0.717, 1.165) is 4.90 Å². The number of nitrogens with zero attached hydrogens (tertiary/aromatic N) is 2. The van der Waals surface area contributed by atoms with Crippen LogP contribution in [-0.4, -0.2) is 48.7 Å². The van der Waals surface area contributed by atoms with E-state index in [9.17, 15) is 35.5 Å². The van der Waals surface area contributed by atoms with Crippen molar-refractivity contribution in [2.75, 3.05) is 26.1 Å². The van der Waals surface area contributed by atoms with Gasteiger partial charge in [0.1, 0.15) is 0 Å². The topological polar surface area (TPSA) is 58.4 Å². The van der Waals surface area contributed by atoms with Crippen molar-refractivity contribution in [2.45, 2.75) is 17.8 Å². The zero-order valence-electron chi connectivity index (χ0n) is 11.1. The van der Waals surface area contributed by atoms with E-state index >= 15 is 0 Å². The normalized spacial score (nSPS) is 13.1. The number of alkyl halides is 7. The average molecular weight is 337 g/mol. The quantitative estimate of drug-likeness (QED) is 0.840. The number of carbonyl (C=O) groups excluding carboxylic acids is 1. The number of urea groups is 1. The van der Waals surface area contributed by atoms with E-state index in [-0.39, 0.29) is 6.07 Å². The second-order valence-electron chi connectivity index (χ2n) is 4.39. The molecule has 2 amide bonds. The number of amides is 2. The van der Waals surface area contributed by atoms with Crippen molar-refractivity contribution in [1.82, 2.24) is 10.1 Å². The molecule has 0 aliphatic carbocycles. The first-order valence-electron chi connectivity index (χ1n) is 5.51. The van der Waals surface area contributed by atoms with Gasteiger partial charge in [0.15, 0.2) is 12.5 Å². The fourth-order valence-corrected chi connectivity index (χ4v) is 1.17. The minimum Gasteiger partial charge on any atom is -0.352 e. The van der Waals surface area contributed by atoms with Crippen LogP contribution in [0.1, 0.15) is 5.76 Å². The van der Waals surface area contributed by atoms with E-state index in [1.165, 1.54) is 14.1 Å². The largest absolute Gasteiger partial charge is 0.382 e. The Bertz CT molecular complexity index is 544. The van der Waals surface area contributed by atoms with Crippen LogP contribution < -0.4 is 5.32 Å². The first-order valence-corrected chi connectivity index (χ1v) is 5.51. The highest BCUT2D eigenvalue weighted by Gasteiger charge is 2.73. The zero-order valence-corrected chi connectivity index (χ0v) is 11.1. The Labute approximate surface area is 119 Å². The van der Waals surface area contributed by atoms with Crippen LogP contribution in [0.5, 0.6) is 0 Å². The SMILES string of the molecule is CN(C)C(=O)Nc1cc(C(F)(F)C(F)(F)C(F)(F)CF)on1. The summed E-state index contributed by atoms with van der Waals surface area (Å²) >= 11 is 0. The van der Waals surface area contributed by atoms with Gasteiger partial charge < -0.3 is 9.42 Å². The summed E-state index contributed by atoms with van der Waals surface area (Å²) in [4.78, 5) is 12.2. The van der Waals surface area contributed by atoms with Crippen molar-refractivity contribution >= 4 is 11.8 Å². The predicted octanol–water partition coefficient (Wildman–Crippen LogP) is 3.10. The predicted molar refractivity (Wildman–Crippen MR) is 59.0 cm³/mol. The Morgan fingerprint density at radius 1 is 1.27 bits per heavy atom. The maximum absolute atomic E-state index is 13.5. The monoisotopic (exact) mass is 337 g/mol.